The fourth-order valence-electron chi connectivity index (χ4n) is 2.33. The molecule has 1 aromatic heterocycles. The van der Waals surface area contributed by atoms with E-state index in [4.69, 9.17) is 16.3 Å². The summed E-state index contributed by atoms with van der Waals surface area (Å²) < 4.78 is 5.32. The Morgan fingerprint density at radius 3 is 2.54 bits per heavy atom. The number of benzene rings is 2. The molecule has 3 rings (SSSR count). The second-order valence-electron chi connectivity index (χ2n) is 5.57. The van der Waals surface area contributed by atoms with Crippen molar-refractivity contribution in [3.05, 3.63) is 70.9 Å². The molecule has 26 heavy (non-hydrogen) atoms. The number of carbonyl (C=O) groups is 1. The molecule has 2 N–H and O–H groups in total. The molecule has 0 fully saturated rings. The summed E-state index contributed by atoms with van der Waals surface area (Å²) in [5.74, 6) is 0.811. The molecule has 0 aliphatic rings. The van der Waals surface area contributed by atoms with Crippen LogP contribution in [0.5, 0.6) is 5.75 Å². The number of rotatable bonds is 5. The van der Waals surface area contributed by atoms with Crippen LogP contribution < -0.4 is 15.4 Å². The number of methoxy groups -OCH3 is 1. The fourth-order valence-corrected chi connectivity index (χ4v) is 2.51. The molecule has 0 atom stereocenters. The number of nitrogens with one attached hydrogen (secondary N) is 2. The highest BCUT2D eigenvalue weighted by atomic mass is 35.5. The Morgan fingerprint density at radius 2 is 1.85 bits per heavy atom. The molecule has 0 saturated heterocycles. The lowest BCUT2D eigenvalue weighted by Crippen LogP contribution is -2.14. The lowest BCUT2D eigenvalue weighted by Gasteiger charge is -2.11. The van der Waals surface area contributed by atoms with Crippen LogP contribution in [0.3, 0.4) is 0 Å². The van der Waals surface area contributed by atoms with Crippen molar-refractivity contribution in [2.24, 2.45) is 0 Å². The van der Waals surface area contributed by atoms with Crippen LogP contribution >= 0.6 is 11.6 Å². The fraction of sp³-hybridized carbons (Fsp3) is 0.105. The van der Waals surface area contributed by atoms with E-state index in [2.05, 4.69) is 20.8 Å². The lowest BCUT2D eigenvalue weighted by molar-refractivity contribution is 0.102. The van der Waals surface area contributed by atoms with E-state index in [1.165, 1.54) is 0 Å². The molecular weight excluding hydrogens is 352 g/mol. The molecule has 1 amide bonds. The van der Waals surface area contributed by atoms with Crippen molar-refractivity contribution >= 4 is 34.7 Å². The van der Waals surface area contributed by atoms with Gasteiger partial charge in [0.1, 0.15) is 5.75 Å². The van der Waals surface area contributed by atoms with Gasteiger partial charge in [-0.1, -0.05) is 29.8 Å². The third-order valence-electron chi connectivity index (χ3n) is 3.64. The molecule has 0 unspecified atom stereocenters. The molecule has 7 heteroatoms. The van der Waals surface area contributed by atoms with Crippen LogP contribution in [0.1, 0.15) is 16.1 Å². The minimum absolute atomic E-state index is 0.187. The van der Waals surface area contributed by atoms with E-state index in [0.717, 1.165) is 11.3 Å². The maximum Gasteiger partial charge on any atom is 0.276 e. The van der Waals surface area contributed by atoms with Crippen molar-refractivity contribution in [3.63, 3.8) is 0 Å². The van der Waals surface area contributed by atoms with Crippen molar-refractivity contribution < 1.29 is 9.53 Å². The van der Waals surface area contributed by atoms with Gasteiger partial charge in [-0.05, 0) is 48.9 Å². The van der Waals surface area contributed by atoms with Gasteiger partial charge in [-0.3, -0.25) is 4.79 Å². The molecule has 0 saturated carbocycles. The van der Waals surface area contributed by atoms with Gasteiger partial charge in [0.2, 0.25) is 0 Å². The number of carbonyl (C=O) groups excluding carboxylic acids is 1. The summed E-state index contributed by atoms with van der Waals surface area (Å²) in [6.45, 7) is 1.98. The average Bonchev–Trinajstić information content (AvgIpc) is 2.64. The molecule has 1 heterocycles. The third-order valence-corrected chi connectivity index (χ3v) is 3.97. The van der Waals surface area contributed by atoms with E-state index in [1.807, 2.05) is 25.1 Å². The van der Waals surface area contributed by atoms with Gasteiger partial charge in [-0.2, -0.15) is 0 Å². The number of aromatic nitrogens is 2. The first-order chi connectivity index (χ1) is 12.6. The monoisotopic (exact) mass is 368 g/mol. The molecule has 0 bridgehead atoms. The van der Waals surface area contributed by atoms with Gasteiger partial charge in [-0.15, -0.1) is 10.2 Å². The first-order valence-electron chi connectivity index (χ1n) is 7.88. The van der Waals surface area contributed by atoms with Gasteiger partial charge < -0.3 is 15.4 Å². The van der Waals surface area contributed by atoms with Gasteiger partial charge in [-0.25, -0.2) is 0 Å². The maximum atomic E-state index is 12.3. The number of ether oxygens (including phenoxy) is 1. The van der Waals surface area contributed by atoms with Crippen molar-refractivity contribution in [2.45, 2.75) is 6.92 Å². The highest BCUT2D eigenvalue weighted by molar-refractivity contribution is 6.33. The largest absolute Gasteiger partial charge is 0.495 e. The number of hydrogen-bond acceptors (Lipinski definition) is 5. The summed E-state index contributed by atoms with van der Waals surface area (Å²) in [4.78, 5) is 12.3. The van der Waals surface area contributed by atoms with Crippen molar-refractivity contribution in [1.29, 1.82) is 0 Å². The Kier molecular flexibility index (Phi) is 5.34. The molecule has 0 aliphatic heterocycles. The van der Waals surface area contributed by atoms with Crippen LogP contribution in [0.4, 0.5) is 17.2 Å². The van der Waals surface area contributed by atoms with Crippen LogP contribution in [0.15, 0.2) is 54.6 Å². The number of amides is 1. The van der Waals surface area contributed by atoms with Gasteiger partial charge in [0.05, 0.1) is 23.5 Å². The second kappa shape index (κ2) is 7.84. The highest BCUT2D eigenvalue weighted by Crippen LogP contribution is 2.27. The maximum absolute atomic E-state index is 12.3. The second-order valence-corrected chi connectivity index (χ2v) is 5.97. The predicted octanol–water partition coefficient (Wildman–Crippen LogP) is 4.44. The number of hydrogen-bond donors (Lipinski definition) is 2. The molecule has 6 nitrogen and oxygen atoms in total. The Bertz CT molecular complexity index is 929. The summed E-state index contributed by atoms with van der Waals surface area (Å²) in [7, 11) is 1.60. The zero-order chi connectivity index (χ0) is 18.5. The van der Waals surface area contributed by atoms with Crippen LogP contribution in [0, 0.1) is 6.92 Å². The van der Waals surface area contributed by atoms with Crippen molar-refractivity contribution in [1.82, 2.24) is 10.2 Å². The van der Waals surface area contributed by atoms with E-state index in [0.29, 0.717) is 22.3 Å². The van der Waals surface area contributed by atoms with Gasteiger partial charge in [0.25, 0.3) is 5.91 Å². The summed E-state index contributed by atoms with van der Waals surface area (Å²) >= 11 is 6.04. The number of aryl methyl sites for hydroxylation is 1. The zero-order valence-corrected chi connectivity index (χ0v) is 15.0. The van der Waals surface area contributed by atoms with Crippen LogP contribution in [0.25, 0.3) is 0 Å². The molecular formula is C19H17ClN4O2. The Balaban J connectivity index is 1.73. The van der Waals surface area contributed by atoms with E-state index < -0.39 is 0 Å². The van der Waals surface area contributed by atoms with Gasteiger partial charge in [0.15, 0.2) is 11.5 Å². The molecule has 3 aromatic rings. The van der Waals surface area contributed by atoms with Crippen molar-refractivity contribution in [2.75, 3.05) is 17.7 Å². The molecule has 0 radical (unpaired) electrons. The minimum Gasteiger partial charge on any atom is -0.495 e. The SMILES string of the molecule is COc1ccc(C)cc1Nc1ccc(C(=O)Nc2ccccc2Cl)nn1. The first-order valence-corrected chi connectivity index (χ1v) is 8.26. The molecule has 132 valence electrons. The van der Waals surface area contributed by atoms with Gasteiger partial charge >= 0.3 is 0 Å². The smallest absolute Gasteiger partial charge is 0.276 e. The average molecular weight is 369 g/mol. The Labute approximate surface area is 156 Å². The molecule has 0 aliphatic carbocycles. The minimum atomic E-state index is -0.384. The topological polar surface area (TPSA) is 76.1 Å². The molecule has 0 spiro atoms. The predicted molar refractivity (Wildman–Crippen MR) is 102 cm³/mol. The Hall–Kier alpha value is -3.12. The van der Waals surface area contributed by atoms with Crippen LogP contribution in [-0.4, -0.2) is 23.2 Å². The van der Waals surface area contributed by atoms with E-state index in [9.17, 15) is 4.79 Å². The van der Waals surface area contributed by atoms with E-state index >= 15 is 0 Å². The standard InChI is InChI=1S/C19H17ClN4O2/c1-12-7-9-17(26-2)16(11-12)21-18-10-8-15(23-24-18)19(25)22-14-6-4-3-5-13(14)20/h3-11H,1-2H3,(H,21,24)(H,22,25). The van der Waals surface area contributed by atoms with Crippen molar-refractivity contribution in [3.8, 4) is 5.75 Å². The Morgan fingerprint density at radius 1 is 1.04 bits per heavy atom. The number of halogens is 1. The lowest BCUT2D eigenvalue weighted by atomic mass is 10.2. The van der Waals surface area contributed by atoms with Gasteiger partial charge in [0, 0.05) is 0 Å². The number of anilines is 3. The van der Waals surface area contributed by atoms with E-state index in [1.54, 1.807) is 43.5 Å². The third kappa shape index (κ3) is 4.10. The summed E-state index contributed by atoms with van der Waals surface area (Å²) in [6.07, 6.45) is 0. The van der Waals surface area contributed by atoms with Crippen LogP contribution in [-0.2, 0) is 0 Å². The molecule has 2 aromatic carbocycles. The number of para-hydroxylation sites is 1. The zero-order valence-electron chi connectivity index (χ0n) is 14.3. The first kappa shape index (κ1) is 17.7. The highest BCUT2D eigenvalue weighted by Gasteiger charge is 2.11. The number of nitrogens with zero attached hydrogens (tertiary/aromatic N) is 2. The van der Waals surface area contributed by atoms with E-state index in [-0.39, 0.29) is 11.6 Å². The normalized spacial score (nSPS) is 10.3. The summed E-state index contributed by atoms with van der Waals surface area (Å²) in [6, 6.07) is 16.0. The van der Waals surface area contributed by atoms with Crippen LogP contribution in [0.2, 0.25) is 5.02 Å². The summed E-state index contributed by atoms with van der Waals surface area (Å²) in [5.41, 5.74) is 2.56. The summed E-state index contributed by atoms with van der Waals surface area (Å²) in [5, 5.41) is 14.3. The quantitative estimate of drug-likeness (QED) is 0.696.